The third kappa shape index (κ3) is 4.50. The maximum atomic E-state index is 14.1. The third-order valence-electron chi connectivity index (χ3n) is 6.15. The Morgan fingerprint density at radius 3 is 1.95 bits per heavy atom. The van der Waals surface area contributed by atoms with E-state index in [0.29, 0.717) is 27.8 Å². The van der Waals surface area contributed by atoms with Crippen LogP contribution in [0.4, 0.5) is 11.4 Å². The van der Waals surface area contributed by atoms with Crippen molar-refractivity contribution >= 4 is 58.0 Å². The first-order valence-corrected chi connectivity index (χ1v) is 12.1. The van der Waals surface area contributed by atoms with E-state index in [1.807, 2.05) is 0 Å². The average Bonchev–Trinajstić information content (AvgIpc) is 2.87. The topological polar surface area (TPSA) is 86.3 Å². The van der Waals surface area contributed by atoms with Gasteiger partial charge in [-0.25, -0.2) is 0 Å². The van der Waals surface area contributed by atoms with Crippen molar-refractivity contribution in [3.8, 4) is 23.0 Å². The Hall–Kier alpha value is -3.33. The molecule has 0 radical (unpaired) electrons. The lowest BCUT2D eigenvalue weighted by molar-refractivity contribution is -0.137. The van der Waals surface area contributed by atoms with E-state index in [1.54, 1.807) is 36.4 Å². The third-order valence-corrected chi connectivity index (χ3v) is 7.07. The number of amides is 2. The first-order chi connectivity index (χ1) is 17.7. The summed E-state index contributed by atoms with van der Waals surface area (Å²) in [6, 6.07) is 12.9. The van der Waals surface area contributed by atoms with E-state index in [4.69, 9.17) is 53.8 Å². The van der Waals surface area contributed by atoms with Gasteiger partial charge in [0.1, 0.15) is 23.0 Å². The maximum Gasteiger partial charge on any atom is 0.256 e. The van der Waals surface area contributed by atoms with Crippen LogP contribution in [0.1, 0.15) is 12.0 Å². The van der Waals surface area contributed by atoms with Gasteiger partial charge in [-0.1, -0.05) is 53.0 Å². The van der Waals surface area contributed by atoms with Crippen LogP contribution in [0, 0.1) is 0 Å². The highest BCUT2D eigenvalue weighted by Crippen LogP contribution is 2.52. The minimum Gasteiger partial charge on any atom is -0.495 e. The van der Waals surface area contributed by atoms with Crippen molar-refractivity contribution in [1.82, 2.24) is 0 Å². The van der Waals surface area contributed by atoms with E-state index in [9.17, 15) is 9.59 Å². The zero-order valence-corrected chi connectivity index (χ0v) is 22.6. The summed E-state index contributed by atoms with van der Waals surface area (Å²) >= 11 is 19.3. The van der Waals surface area contributed by atoms with Crippen LogP contribution in [0.15, 0.2) is 48.5 Å². The van der Waals surface area contributed by atoms with Crippen molar-refractivity contribution in [2.75, 3.05) is 38.7 Å². The highest BCUT2D eigenvalue weighted by atomic mass is 35.5. The summed E-state index contributed by atoms with van der Waals surface area (Å²) in [5, 5.41) is 3.65. The fourth-order valence-electron chi connectivity index (χ4n) is 4.36. The van der Waals surface area contributed by atoms with E-state index in [2.05, 4.69) is 5.32 Å². The molecule has 0 aromatic heterocycles. The van der Waals surface area contributed by atoms with E-state index in [0.717, 1.165) is 0 Å². The molecule has 37 heavy (non-hydrogen) atoms. The fraction of sp³-hybridized carbons (Fsp3) is 0.231. The normalized spacial score (nSPS) is 16.6. The Balaban J connectivity index is 1.89. The van der Waals surface area contributed by atoms with Gasteiger partial charge in [0.2, 0.25) is 5.91 Å². The SMILES string of the molecule is COc1cc(OC)c(NC(=O)C2(c3ccccc3Cl)CC(=O)N2c2cc(Cl)c(OC)cc2OC)cc1Cl. The van der Waals surface area contributed by atoms with Gasteiger partial charge >= 0.3 is 0 Å². The molecule has 1 N–H and O–H groups in total. The Bertz CT molecular complexity index is 1380. The van der Waals surface area contributed by atoms with Gasteiger partial charge in [-0.15, -0.1) is 0 Å². The van der Waals surface area contributed by atoms with Gasteiger partial charge in [0.05, 0.1) is 56.3 Å². The van der Waals surface area contributed by atoms with Gasteiger partial charge in [-0.2, -0.15) is 0 Å². The first-order valence-electron chi connectivity index (χ1n) is 10.9. The number of anilines is 2. The zero-order valence-electron chi connectivity index (χ0n) is 20.4. The lowest BCUT2D eigenvalue weighted by atomic mass is 9.75. The number of carbonyl (C=O) groups is 2. The lowest BCUT2D eigenvalue weighted by Gasteiger charge is -2.51. The van der Waals surface area contributed by atoms with Gasteiger partial charge in [-0.05, 0) is 18.2 Å². The summed E-state index contributed by atoms with van der Waals surface area (Å²) in [5.74, 6) is 0.425. The minimum atomic E-state index is -1.54. The Morgan fingerprint density at radius 1 is 0.811 bits per heavy atom. The number of nitrogens with zero attached hydrogens (tertiary/aromatic N) is 1. The van der Waals surface area contributed by atoms with E-state index in [1.165, 1.54) is 45.5 Å². The van der Waals surface area contributed by atoms with Crippen LogP contribution in [0.2, 0.25) is 15.1 Å². The molecule has 8 nitrogen and oxygen atoms in total. The number of β-lactam (4-membered cyclic amide) rings is 1. The molecule has 0 aliphatic carbocycles. The summed E-state index contributed by atoms with van der Waals surface area (Å²) < 4.78 is 21.5. The maximum absolute atomic E-state index is 14.1. The number of carbonyl (C=O) groups excluding carboxylic acids is 2. The first kappa shape index (κ1) is 26.7. The number of halogens is 3. The van der Waals surface area contributed by atoms with Gasteiger partial charge in [0, 0.05) is 22.7 Å². The molecule has 1 atom stereocenters. The van der Waals surface area contributed by atoms with Crippen LogP contribution in [-0.2, 0) is 15.1 Å². The van der Waals surface area contributed by atoms with Crippen LogP contribution in [0.5, 0.6) is 23.0 Å². The Kier molecular flexibility index (Phi) is 7.64. The van der Waals surface area contributed by atoms with Gasteiger partial charge in [-0.3, -0.25) is 14.5 Å². The molecule has 0 spiro atoms. The summed E-state index contributed by atoms with van der Waals surface area (Å²) in [6.07, 6.45) is -0.165. The number of hydrogen-bond acceptors (Lipinski definition) is 6. The van der Waals surface area contributed by atoms with Crippen LogP contribution >= 0.6 is 34.8 Å². The second-order valence-electron chi connectivity index (χ2n) is 8.05. The molecular weight excluding hydrogens is 543 g/mol. The molecule has 3 aromatic rings. The minimum absolute atomic E-state index is 0.165. The number of benzene rings is 3. The molecule has 1 aliphatic heterocycles. The number of nitrogens with one attached hydrogen (secondary N) is 1. The van der Waals surface area contributed by atoms with Crippen molar-refractivity contribution in [2.24, 2.45) is 0 Å². The number of methoxy groups -OCH3 is 4. The summed E-state index contributed by atoms with van der Waals surface area (Å²) in [6.45, 7) is 0. The second-order valence-corrected chi connectivity index (χ2v) is 9.27. The standard InChI is InChI=1S/C26H23Cl3N2O6/c1-34-20-11-22(36-3)18(9-16(20)28)30-25(33)26(14-7-5-6-8-15(14)27)13-24(32)31(26)19-10-17(29)21(35-2)12-23(19)37-4/h5-12H,13H2,1-4H3,(H,30,33). The highest BCUT2D eigenvalue weighted by Gasteiger charge is 2.60. The molecule has 1 aliphatic rings. The lowest BCUT2D eigenvalue weighted by Crippen LogP contribution is -2.67. The average molecular weight is 566 g/mol. The quantitative estimate of drug-likeness (QED) is 0.340. The largest absolute Gasteiger partial charge is 0.495 e. The number of hydrogen-bond donors (Lipinski definition) is 1. The molecule has 4 rings (SSSR count). The fourth-order valence-corrected chi connectivity index (χ4v) is 5.13. The Labute approximate surface area is 228 Å². The van der Waals surface area contributed by atoms with Crippen LogP contribution in [0.25, 0.3) is 0 Å². The molecule has 2 amide bonds. The molecule has 1 saturated heterocycles. The van der Waals surface area contributed by atoms with Crippen molar-refractivity contribution in [1.29, 1.82) is 0 Å². The number of rotatable bonds is 8. The van der Waals surface area contributed by atoms with Crippen molar-refractivity contribution in [2.45, 2.75) is 12.0 Å². The summed E-state index contributed by atoms with van der Waals surface area (Å²) in [7, 11) is 5.82. The van der Waals surface area contributed by atoms with Crippen molar-refractivity contribution in [3.63, 3.8) is 0 Å². The van der Waals surface area contributed by atoms with E-state index < -0.39 is 11.4 Å². The van der Waals surface area contributed by atoms with Gasteiger partial charge in [0.15, 0.2) is 5.54 Å². The van der Waals surface area contributed by atoms with E-state index in [-0.39, 0.29) is 39.5 Å². The van der Waals surface area contributed by atoms with Crippen LogP contribution < -0.4 is 29.2 Å². The van der Waals surface area contributed by atoms with Gasteiger partial charge in [0.25, 0.3) is 5.91 Å². The van der Waals surface area contributed by atoms with Crippen molar-refractivity contribution in [3.05, 3.63) is 69.2 Å². The molecule has 11 heteroatoms. The molecular formula is C26H23Cl3N2O6. The summed E-state index contributed by atoms with van der Waals surface area (Å²) in [4.78, 5) is 28.7. The molecule has 194 valence electrons. The highest BCUT2D eigenvalue weighted by molar-refractivity contribution is 6.34. The predicted molar refractivity (Wildman–Crippen MR) is 143 cm³/mol. The van der Waals surface area contributed by atoms with Gasteiger partial charge < -0.3 is 24.3 Å². The number of ether oxygens (including phenoxy) is 4. The van der Waals surface area contributed by atoms with Crippen LogP contribution in [0.3, 0.4) is 0 Å². The monoisotopic (exact) mass is 564 g/mol. The molecule has 0 bridgehead atoms. The van der Waals surface area contributed by atoms with Crippen LogP contribution in [-0.4, -0.2) is 40.3 Å². The molecule has 1 heterocycles. The molecule has 1 fully saturated rings. The Morgan fingerprint density at radius 2 is 1.38 bits per heavy atom. The second kappa shape index (κ2) is 10.6. The van der Waals surface area contributed by atoms with E-state index >= 15 is 0 Å². The molecule has 3 aromatic carbocycles. The smallest absolute Gasteiger partial charge is 0.256 e. The molecule has 1 unspecified atom stereocenters. The zero-order chi connectivity index (χ0) is 26.9. The molecule has 0 saturated carbocycles. The van der Waals surface area contributed by atoms with Crippen molar-refractivity contribution < 1.29 is 28.5 Å². The predicted octanol–water partition coefficient (Wildman–Crippen LogP) is 5.95. The summed E-state index contributed by atoms with van der Waals surface area (Å²) in [5.41, 5.74) is -0.567.